The Morgan fingerprint density at radius 2 is 1.83 bits per heavy atom. The molecular formula is C23H22FN5O. The molecule has 6 nitrogen and oxygen atoms in total. The Bertz CT molecular complexity index is 1170. The summed E-state index contributed by atoms with van der Waals surface area (Å²) in [6, 6.07) is 13.2. The minimum Gasteiger partial charge on any atom is -0.339 e. The number of H-pyrrole nitrogens is 1. The maximum Gasteiger partial charge on any atom is 0.242 e. The summed E-state index contributed by atoms with van der Waals surface area (Å²) in [5.74, 6) is -0.137. The van der Waals surface area contributed by atoms with Crippen molar-refractivity contribution in [3.63, 3.8) is 0 Å². The smallest absolute Gasteiger partial charge is 0.242 e. The molecule has 152 valence electrons. The van der Waals surface area contributed by atoms with Crippen molar-refractivity contribution < 1.29 is 9.18 Å². The van der Waals surface area contributed by atoms with Crippen molar-refractivity contribution in [3.8, 4) is 22.4 Å². The first-order valence-corrected chi connectivity index (χ1v) is 9.82. The fourth-order valence-corrected chi connectivity index (χ4v) is 3.45. The third-order valence-electron chi connectivity index (χ3n) is 4.95. The topological polar surface area (TPSA) is 96.7 Å². The number of nitrogens with one attached hydrogen (secondary N) is 2. The van der Waals surface area contributed by atoms with Crippen molar-refractivity contribution in [3.05, 3.63) is 66.7 Å². The minimum absolute atomic E-state index is 0.261. The number of pyridine rings is 2. The predicted molar refractivity (Wildman–Crippen MR) is 116 cm³/mol. The van der Waals surface area contributed by atoms with Crippen LogP contribution >= 0.6 is 0 Å². The Labute approximate surface area is 173 Å². The molecule has 0 saturated carbocycles. The predicted octanol–water partition coefficient (Wildman–Crippen LogP) is 4.50. The SMILES string of the molecule is CCC[C@H](N)C(=O)Nc1ccc2c(-c3ccncc3)c(-c3ccc(F)cc3)[nH]c2n1. The normalized spacial score (nSPS) is 12.1. The van der Waals surface area contributed by atoms with Crippen LogP contribution in [0.15, 0.2) is 60.9 Å². The van der Waals surface area contributed by atoms with Crippen LogP contribution in [0.3, 0.4) is 0 Å². The number of nitrogens with two attached hydrogens (primary N) is 1. The van der Waals surface area contributed by atoms with E-state index in [4.69, 9.17) is 5.73 Å². The molecule has 4 aromatic rings. The average Bonchev–Trinajstić information content (AvgIpc) is 3.13. The van der Waals surface area contributed by atoms with Gasteiger partial charge in [-0.3, -0.25) is 9.78 Å². The molecule has 0 fully saturated rings. The van der Waals surface area contributed by atoms with Crippen molar-refractivity contribution >= 4 is 22.8 Å². The van der Waals surface area contributed by atoms with Crippen LogP contribution in [0.2, 0.25) is 0 Å². The molecule has 0 spiro atoms. The lowest BCUT2D eigenvalue weighted by Gasteiger charge is -2.10. The fourth-order valence-electron chi connectivity index (χ4n) is 3.45. The van der Waals surface area contributed by atoms with Gasteiger partial charge >= 0.3 is 0 Å². The van der Waals surface area contributed by atoms with Gasteiger partial charge in [0.2, 0.25) is 5.91 Å². The highest BCUT2D eigenvalue weighted by molar-refractivity contribution is 6.03. The number of aromatic nitrogens is 3. The van der Waals surface area contributed by atoms with Crippen LogP contribution in [0.4, 0.5) is 10.2 Å². The lowest BCUT2D eigenvalue weighted by atomic mass is 10.00. The molecule has 7 heteroatoms. The van der Waals surface area contributed by atoms with Gasteiger partial charge in [0.05, 0.1) is 11.7 Å². The molecule has 4 rings (SSSR count). The number of nitrogens with zero attached hydrogens (tertiary/aromatic N) is 2. The van der Waals surface area contributed by atoms with Crippen molar-refractivity contribution in [2.45, 2.75) is 25.8 Å². The summed E-state index contributed by atoms with van der Waals surface area (Å²) in [4.78, 5) is 24.3. The fraction of sp³-hybridized carbons (Fsp3) is 0.174. The number of benzene rings is 1. The molecule has 0 aliphatic heterocycles. The van der Waals surface area contributed by atoms with Crippen LogP contribution in [-0.2, 0) is 4.79 Å². The first-order chi connectivity index (χ1) is 14.6. The number of carbonyl (C=O) groups excluding carboxylic acids is 1. The summed E-state index contributed by atoms with van der Waals surface area (Å²) >= 11 is 0. The molecular weight excluding hydrogens is 381 g/mol. The third kappa shape index (κ3) is 3.92. The molecule has 0 bridgehead atoms. The van der Waals surface area contributed by atoms with E-state index in [1.165, 1.54) is 12.1 Å². The van der Waals surface area contributed by atoms with Crippen LogP contribution in [0.5, 0.6) is 0 Å². The standard InChI is InChI=1S/C23H22FN5O/c1-2-3-18(25)23(30)28-19-9-8-17-20(14-10-12-26-13-11-14)21(29-22(17)27-19)15-4-6-16(24)7-5-15/h4-13,18H,2-3,25H2,1H3,(H2,27,28,29,30)/t18-/m0/s1. The van der Waals surface area contributed by atoms with Crippen LogP contribution in [0.25, 0.3) is 33.4 Å². The zero-order chi connectivity index (χ0) is 21.1. The summed E-state index contributed by atoms with van der Waals surface area (Å²) in [7, 11) is 0. The summed E-state index contributed by atoms with van der Waals surface area (Å²) in [6.07, 6.45) is 4.88. The van der Waals surface area contributed by atoms with Gasteiger partial charge in [-0.1, -0.05) is 13.3 Å². The van der Waals surface area contributed by atoms with E-state index in [1.807, 2.05) is 25.1 Å². The Morgan fingerprint density at radius 3 is 2.53 bits per heavy atom. The second-order valence-corrected chi connectivity index (χ2v) is 7.09. The first-order valence-electron chi connectivity index (χ1n) is 9.82. The van der Waals surface area contributed by atoms with Crippen molar-refractivity contribution in [1.82, 2.24) is 15.0 Å². The van der Waals surface area contributed by atoms with Gasteiger partial charge in [0.1, 0.15) is 17.3 Å². The summed E-state index contributed by atoms with van der Waals surface area (Å²) in [5.41, 5.74) is 10.1. The maximum absolute atomic E-state index is 13.4. The second-order valence-electron chi connectivity index (χ2n) is 7.09. The number of hydrogen-bond donors (Lipinski definition) is 3. The van der Waals surface area contributed by atoms with Gasteiger partial charge in [-0.05, 0) is 66.1 Å². The van der Waals surface area contributed by atoms with E-state index >= 15 is 0 Å². The van der Waals surface area contributed by atoms with Crippen LogP contribution in [0, 0.1) is 5.82 Å². The highest BCUT2D eigenvalue weighted by Gasteiger charge is 2.18. The molecule has 0 radical (unpaired) electrons. The molecule has 0 aliphatic carbocycles. The number of hydrogen-bond acceptors (Lipinski definition) is 4. The maximum atomic E-state index is 13.4. The van der Waals surface area contributed by atoms with Gasteiger partial charge in [-0.25, -0.2) is 9.37 Å². The number of halogens is 1. The average molecular weight is 403 g/mol. The molecule has 1 atom stereocenters. The second kappa shape index (κ2) is 8.42. The summed E-state index contributed by atoms with van der Waals surface area (Å²) < 4.78 is 13.4. The molecule has 0 unspecified atom stereocenters. The molecule has 30 heavy (non-hydrogen) atoms. The van der Waals surface area contributed by atoms with Crippen molar-refractivity contribution in [2.24, 2.45) is 5.73 Å². The van der Waals surface area contributed by atoms with Gasteiger partial charge < -0.3 is 16.0 Å². The van der Waals surface area contributed by atoms with E-state index in [-0.39, 0.29) is 11.7 Å². The highest BCUT2D eigenvalue weighted by Crippen LogP contribution is 2.38. The van der Waals surface area contributed by atoms with E-state index in [2.05, 4.69) is 20.3 Å². The van der Waals surface area contributed by atoms with Crippen molar-refractivity contribution in [1.29, 1.82) is 0 Å². The molecule has 0 aliphatic rings. The molecule has 1 amide bonds. The molecule has 1 aromatic carbocycles. The van der Waals surface area contributed by atoms with Crippen molar-refractivity contribution in [2.75, 3.05) is 5.32 Å². The zero-order valence-electron chi connectivity index (χ0n) is 16.5. The van der Waals surface area contributed by atoms with E-state index < -0.39 is 6.04 Å². The van der Waals surface area contributed by atoms with Crippen LogP contribution in [-0.4, -0.2) is 26.9 Å². The number of rotatable bonds is 6. The third-order valence-corrected chi connectivity index (χ3v) is 4.95. The Morgan fingerprint density at radius 1 is 1.10 bits per heavy atom. The number of fused-ring (bicyclic) bond motifs is 1. The molecule has 0 saturated heterocycles. The van der Waals surface area contributed by atoms with Crippen LogP contribution < -0.4 is 11.1 Å². The minimum atomic E-state index is -0.571. The largest absolute Gasteiger partial charge is 0.339 e. The quantitative estimate of drug-likeness (QED) is 0.442. The van der Waals surface area contributed by atoms with Crippen LogP contribution in [0.1, 0.15) is 19.8 Å². The Balaban J connectivity index is 1.80. The van der Waals surface area contributed by atoms with E-state index in [0.29, 0.717) is 17.9 Å². The van der Waals surface area contributed by atoms with Gasteiger partial charge in [0.15, 0.2) is 0 Å². The highest BCUT2D eigenvalue weighted by atomic mass is 19.1. The Kier molecular flexibility index (Phi) is 5.54. The number of aromatic amines is 1. The molecule has 4 N–H and O–H groups in total. The monoisotopic (exact) mass is 403 g/mol. The van der Waals surface area contributed by atoms with Gasteiger partial charge in [0.25, 0.3) is 0 Å². The lowest BCUT2D eigenvalue weighted by Crippen LogP contribution is -2.35. The van der Waals surface area contributed by atoms with E-state index in [9.17, 15) is 9.18 Å². The lowest BCUT2D eigenvalue weighted by molar-refractivity contribution is -0.117. The van der Waals surface area contributed by atoms with E-state index in [1.54, 1.807) is 30.6 Å². The number of amides is 1. The summed E-state index contributed by atoms with van der Waals surface area (Å²) in [6.45, 7) is 1.98. The Hall–Kier alpha value is -3.58. The van der Waals surface area contributed by atoms with E-state index in [0.717, 1.165) is 34.2 Å². The summed E-state index contributed by atoms with van der Waals surface area (Å²) in [5, 5.41) is 3.67. The van der Waals surface area contributed by atoms with Gasteiger partial charge in [-0.2, -0.15) is 0 Å². The van der Waals surface area contributed by atoms with Gasteiger partial charge in [-0.15, -0.1) is 0 Å². The first kappa shape index (κ1) is 19.7. The van der Waals surface area contributed by atoms with Gasteiger partial charge in [0, 0.05) is 23.3 Å². The molecule has 3 aromatic heterocycles. The molecule has 3 heterocycles. The number of carbonyl (C=O) groups is 1. The number of anilines is 1. The zero-order valence-corrected chi connectivity index (χ0v) is 16.5.